The zero-order chi connectivity index (χ0) is 16.1. The first-order valence-corrected chi connectivity index (χ1v) is 7.69. The van der Waals surface area contributed by atoms with E-state index in [-0.39, 0.29) is 30.2 Å². The molecule has 1 N–H and O–H groups in total. The number of halogens is 1. The van der Waals surface area contributed by atoms with Gasteiger partial charge in [0.25, 0.3) is 0 Å². The van der Waals surface area contributed by atoms with Crippen LogP contribution in [0, 0.1) is 5.92 Å². The minimum absolute atomic E-state index is 0.00781. The second-order valence-electron chi connectivity index (χ2n) is 5.60. The van der Waals surface area contributed by atoms with Crippen LogP contribution in [0.15, 0.2) is 24.3 Å². The van der Waals surface area contributed by atoms with Crippen molar-refractivity contribution in [2.75, 3.05) is 20.3 Å². The van der Waals surface area contributed by atoms with Gasteiger partial charge in [0.05, 0.1) is 18.6 Å². The Hall–Kier alpha value is -1.59. The highest BCUT2D eigenvalue weighted by Gasteiger charge is 2.36. The minimum Gasteiger partial charge on any atom is -0.383 e. The van der Waals surface area contributed by atoms with Crippen molar-refractivity contribution in [2.24, 2.45) is 5.92 Å². The molecule has 1 aromatic rings. The number of ether oxygens (including phenoxy) is 1. The Balaban J connectivity index is 1.85. The summed E-state index contributed by atoms with van der Waals surface area (Å²) in [6.45, 7) is 3.30. The lowest BCUT2D eigenvalue weighted by molar-refractivity contribution is -0.130. The first kappa shape index (κ1) is 16.8. The Kier molecular flexibility index (Phi) is 5.80. The largest absolute Gasteiger partial charge is 0.383 e. The summed E-state index contributed by atoms with van der Waals surface area (Å²) in [6.07, 6.45) is 0.264. The lowest BCUT2D eigenvalue weighted by Gasteiger charge is -2.23. The number of carbonyl (C=O) groups is 2. The molecule has 22 heavy (non-hydrogen) atoms. The number of methoxy groups -OCH3 is 1. The summed E-state index contributed by atoms with van der Waals surface area (Å²) < 4.78 is 5.07. The second kappa shape index (κ2) is 7.61. The zero-order valence-electron chi connectivity index (χ0n) is 12.8. The number of benzene rings is 1. The third kappa shape index (κ3) is 4.21. The van der Waals surface area contributed by atoms with Crippen molar-refractivity contribution in [2.45, 2.75) is 25.9 Å². The van der Waals surface area contributed by atoms with Gasteiger partial charge in [0.1, 0.15) is 0 Å². The summed E-state index contributed by atoms with van der Waals surface area (Å²) in [5.41, 5.74) is 0.978. The zero-order valence-corrected chi connectivity index (χ0v) is 13.6. The Morgan fingerprint density at radius 1 is 1.45 bits per heavy atom. The molecule has 0 saturated carbocycles. The van der Waals surface area contributed by atoms with Crippen LogP contribution in [0.25, 0.3) is 0 Å². The van der Waals surface area contributed by atoms with Gasteiger partial charge in [-0.25, -0.2) is 0 Å². The summed E-state index contributed by atoms with van der Waals surface area (Å²) in [6, 6.07) is 7.31. The quantitative estimate of drug-likeness (QED) is 0.868. The SMILES string of the molecule is COC[C@@H](C)N1C[C@@H](C(=O)NCc2ccc(Cl)cc2)CC1=O. The molecule has 2 atom stereocenters. The van der Waals surface area contributed by atoms with E-state index < -0.39 is 0 Å². The number of rotatable bonds is 6. The summed E-state index contributed by atoms with van der Waals surface area (Å²) in [7, 11) is 1.60. The predicted molar refractivity (Wildman–Crippen MR) is 84.5 cm³/mol. The van der Waals surface area contributed by atoms with Crippen LogP contribution in [-0.4, -0.2) is 43.0 Å². The topological polar surface area (TPSA) is 58.6 Å². The van der Waals surface area contributed by atoms with Crippen molar-refractivity contribution < 1.29 is 14.3 Å². The average Bonchev–Trinajstić information content (AvgIpc) is 2.89. The molecule has 0 unspecified atom stereocenters. The molecular formula is C16H21ClN2O3. The van der Waals surface area contributed by atoms with Crippen LogP contribution >= 0.6 is 11.6 Å². The number of nitrogens with one attached hydrogen (secondary N) is 1. The fourth-order valence-electron chi connectivity index (χ4n) is 2.60. The Bertz CT molecular complexity index is 533. The van der Waals surface area contributed by atoms with Gasteiger partial charge in [0, 0.05) is 31.6 Å². The number of likely N-dealkylation sites (tertiary alicyclic amines) is 1. The molecular weight excluding hydrogens is 304 g/mol. The molecule has 1 saturated heterocycles. The van der Waals surface area contributed by atoms with Gasteiger partial charge in [-0.15, -0.1) is 0 Å². The number of carbonyl (C=O) groups excluding carboxylic acids is 2. The Morgan fingerprint density at radius 2 is 2.14 bits per heavy atom. The third-order valence-corrected chi connectivity index (χ3v) is 4.10. The van der Waals surface area contributed by atoms with Crippen LogP contribution in [0.5, 0.6) is 0 Å². The van der Waals surface area contributed by atoms with Gasteiger partial charge in [-0.1, -0.05) is 23.7 Å². The van der Waals surface area contributed by atoms with Crippen molar-refractivity contribution in [3.63, 3.8) is 0 Å². The van der Waals surface area contributed by atoms with E-state index in [0.29, 0.717) is 24.7 Å². The molecule has 120 valence electrons. The van der Waals surface area contributed by atoms with Crippen molar-refractivity contribution in [1.82, 2.24) is 10.2 Å². The predicted octanol–water partition coefficient (Wildman–Crippen LogP) is 1.84. The van der Waals surface area contributed by atoms with E-state index in [0.717, 1.165) is 5.56 Å². The van der Waals surface area contributed by atoms with Gasteiger partial charge < -0.3 is 15.0 Å². The van der Waals surface area contributed by atoms with E-state index >= 15 is 0 Å². The molecule has 0 bridgehead atoms. The maximum Gasteiger partial charge on any atom is 0.225 e. The molecule has 1 aliphatic heterocycles. The standard InChI is InChI=1S/C16H21ClN2O3/c1-11(10-22-2)19-9-13(7-15(19)20)16(21)18-8-12-3-5-14(17)6-4-12/h3-6,11,13H,7-10H2,1-2H3,(H,18,21)/t11-,13+/m1/s1. The van der Waals surface area contributed by atoms with Gasteiger partial charge in [0.15, 0.2) is 0 Å². The summed E-state index contributed by atoms with van der Waals surface area (Å²) in [5.74, 6) is -0.370. The number of hydrogen-bond acceptors (Lipinski definition) is 3. The average molecular weight is 325 g/mol. The van der Waals surface area contributed by atoms with Crippen LogP contribution in [0.4, 0.5) is 0 Å². The smallest absolute Gasteiger partial charge is 0.225 e. The van der Waals surface area contributed by atoms with Crippen molar-refractivity contribution in [3.8, 4) is 0 Å². The molecule has 0 aromatic heterocycles. The molecule has 1 aliphatic rings. The first-order chi connectivity index (χ1) is 10.5. The summed E-state index contributed by atoms with van der Waals surface area (Å²) in [5, 5.41) is 3.55. The Labute approximate surface area is 135 Å². The monoisotopic (exact) mass is 324 g/mol. The Morgan fingerprint density at radius 3 is 2.77 bits per heavy atom. The molecule has 0 radical (unpaired) electrons. The van der Waals surface area contributed by atoms with E-state index in [9.17, 15) is 9.59 Å². The molecule has 1 fully saturated rings. The van der Waals surface area contributed by atoms with Crippen molar-refractivity contribution in [1.29, 1.82) is 0 Å². The normalized spacial score (nSPS) is 19.3. The van der Waals surface area contributed by atoms with E-state index in [1.165, 1.54) is 0 Å². The van der Waals surface area contributed by atoms with Crippen molar-refractivity contribution in [3.05, 3.63) is 34.9 Å². The van der Waals surface area contributed by atoms with E-state index in [1.54, 1.807) is 24.1 Å². The van der Waals surface area contributed by atoms with E-state index in [4.69, 9.17) is 16.3 Å². The highest BCUT2D eigenvalue weighted by molar-refractivity contribution is 6.30. The van der Waals surface area contributed by atoms with E-state index in [2.05, 4.69) is 5.32 Å². The number of amides is 2. The lowest BCUT2D eigenvalue weighted by Crippen LogP contribution is -2.38. The van der Waals surface area contributed by atoms with E-state index in [1.807, 2.05) is 19.1 Å². The van der Waals surface area contributed by atoms with Gasteiger partial charge in [-0.05, 0) is 24.6 Å². The van der Waals surface area contributed by atoms with Gasteiger partial charge in [-0.3, -0.25) is 9.59 Å². The molecule has 1 aromatic carbocycles. The summed E-state index contributed by atoms with van der Waals surface area (Å²) in [4.78, 5) is 25.9. The van der Waals surface area contributed by atoms with Crippen molar-refractivity contribution >= 4 is 23.4 Å². The maximum atomic E-state index is 12.2. The molecule has 1 heterocycles. The van der Waals surface area contributed by atoms with Gasteiger partial charge in [0.2, 0.25) is 11.8 Å². The fourth-order valence-corrected chi connectivity index (χ4v) is 2.73. The number of hydrogen-bond donors (Lipinski definition) is 1. The maximum absolute atomic E-state index is 12.2. The number of nitrogens with zero attached hydrogens (tertiary/aromatic N) is 1. The van der Waals surface area contributed by atoms with Gasteiger partial charge in [-0.2, -0.15) is 0 Å². The highest BCUT2D eigenvalue weighted by Crippen LogP contribution is 2.20. The highest BCUT2D eigenvalue weighted by atomic mass is 35.5. The molecule has 6 heteroatoms. The second-order valence-corrected chi connectivity index (χ2v) is 6.03. The molecule has 0 aliphatic carbocycles. The molecule has 2 rings (SSSR count). The molecule has 2 amide bonds. The first-order valence-electron chi connectivity index (χ1n) is 7.31. The van der Waals surface area contributed by atoms with Crippen LogP contribution < -0.4 is 5.32 Å². The fraction of sp³-hybridized carbons (Fsp3) is 0.500. The van der Waals surface area contributed by atoms with Crippen LogP contribution in [-0.2, 0) is 20.9 Å². The lowest BCUT2D eigenvalue weighted by atomic mass is 10.1. The van der Waals surface area contributed by atoms with Crippen LogP contribution in [0.3, 0.4) is 0 Å². The molecule has 0 spiro atoms. The third-order valence-electron chi connectivity index (χ3n) is 3.85. The van der Waals surface area contributed by atoms with Gasteiger partial charge >= 0.3 is 0 Å². The van der Waals surface area contributed by atoms with Crippen LogP contribution in [0.1, 0.15) is 18.9 Å². The van der Waals surface area contributed by atoms with Crippen LogP contribution in [0.2, 0.25) is 5.02 Å². The summed E-state index contributed by atoms with van der Waals surface area (Å²) >= 11 is 5.82. The minimum atomic E-state index is -0.292. The molecule has 5 nitrogen and oxygen atoms in total.